The van der Waals surface area contributed by atoms with Gasteiger partial charge < -0.3 is 19.7 Å². The number of thioether (sulfide) groups is 1. The highest BCUT2D eigenvalue weighted by Crippen LogP contribution is 2.22. The maximum atomic E-state index is 12.1. The molecule has 24 heavy (non-hydrogen) atoms. The van der Waals surface area contributed by atoms with Crippen molar-refractivity contribution in [2.45, 2.75) is 50.4 Å². The predicted octanol–water partition coefficient (Wildman–Crippen LogP) is 3.02. The molecule has 0 aliphatic carbocycles. The van der Waals surface area contributed by atoms with Gasteiger partial charge in [0.25, 0.3) is 0 Å². The largest absolute Gasteiger partial charge is 0.481 e. The molecule has 0 radical (unpaired) electrons. The van der Waals surface area contributed by atoms with Gasteiger partial charge in [-0.05, 0) is 39.9 Å². The molecule has 134 valence electrons. The van der Waals surface area contributed by atoms with E-state index in [1.807, 2.05) is 27.0 Å². The van der Waals surface area contributed by atoms with E-state index in [4.69, 9.17) is 9.47 Å². The van der Waals surface area contributed by atoms with Crippen LogP contribution in [0.2, 0.25) is 0 Å². The van der Waals surface area contributed by atoms with Crippen LogP contribution in [-0.4, -0.2) is 59.1 Å². The molecule has 1 amide bonds. The molecule has 1 N–H and O–H groups in total. The summed E-state index contributed by atoms with van der Waals surface area (Å²) in [6.07, 6.45) is 3.38. The zero-order valence-electron chi connectivity index (χ0n) is 15.0. The molecule has 0 atom stereocenters. The maximum absolute atomic E-state index is 12.1. The number of aromatic nitrogens is 2. The van der Waals surface area contributed by atoms with Gasteiger partial charge in [0.05, 0.1) is 7.11 Å². The molecular formula is C16H26N4O3S. The van der Waals surface area contributed by atoms with Crippen LogP contribution in [0.15, 0.2) is 11.2 Å². The first-order valence-corrected chi connectivity index (χ1v) is 9.24. The Morgan fingerprint density at radius 2 is 2.00 bits per heavy atom. The Bertz CT molecular complexity index is 547. The highest BCUT2D eigenvalue weighted by Gasteiger charge is 2.27. The molecule has 2 rings (SSSR count). The van der Waals surface area contributed by atoms with Crippen molar-refractivity contribution in [3.05, 3.63) is 6.07 Å². The Kier molecular flexibility index (Phi) is 6.15. The first kappa shape index (κ1) is 18.6. The topological polar surface area (TPSA) is 76.6 Å². The summed E-state index contributed by atoms with van der Waals surface area (Å²) in [6.45, 7) is 6.98. The van der Waals surface area contributed by atoms with Crippen molar-refractivity contribution in [3.63, 3.8) is 0 Å². The van der Waals surface area contributed by atoms with Gasteiger partial charge in [0.1, 0.15) is 11.4 Å². The Morgan fingerprint density at radius 1 is 1.33 bits per heavy atom. The minimum Gasteiger partial charge on any atom is -0.481 e. The van der Waals surface area contributed by atoms with Crippen LogP contribution in [0.25, 0.3) is 0 Å². The quantitative estimate of drug-likeness (QED) is 0.658. The van der Waals surface area contributed by atoms with E-state index in [0.29, 0.717) is 24.1 Å². The predicted molar refractivity (Wildman–Crippen MR) is 94.8 cm³/mol. The SMILES string of the molecule is COc1cc(NC2CCN(C(=O)OC(C)(C)C)CC2)nc(SC)n1. The fourth-order valence-electron chi connectivity index (χ4n) is 2.42. The Balaban J connectivity index is 1.90. The Labute approximate surface area is 147 Å². The number of methoxy groups -OCH3 is 1. The summed E-state index contributed by atoms with van der Waals surface area (Å²) in [7, 11) is 1.59. The number of rotatable bonds is 4. The number of nitrogens with one attached hydrogen (secondary N) is 1. The Morgan fingerprint density at radius 3 is 2.54 bits per heavy atom. The minimum atomic E-state index is -0.460. The van der Waals surface area contributed by atoms with Crippen LogP contribution in [0, 0.1) is 0 Å². The van der Waals surface area contributed by atoms with E-state index >= 15 is 0 Å². The van der Waals surface area contributed by atoms with E-state index in [1.165, 1.54) is 11.8 Å². The third kappa shape index (κ3) is 5.43. The van der Waals surface area contributed by atoms with Gasteiger partial charge >= 0.3 is 6.09 Å². The van der Waals surface area contributed by atoms with Crippen molar-refractivity contribution < 1.29 is 14.3 Å². The van der Waals surface area contributed by atoms with Crippen molar-refractivity contribution in [1.29, 1.82) is 0 Å². The molecule has 1 aromatic rings. The summed E-state index contributed by atoms with van der Waals surface area (Å²) in [5.74, 6) is 1.30. The summed E-state index contributed by atoms with van der Waals surface area (Å²) in [6, 6.07) is 2.05. The molecule has 0 aromatic carbocycles. The highest BCUT2D eigenvalue weighted by atomic mass is 32.2. The first-order chi connectivity index (χ1) is 11.3. The Hall–Kier alpha value is -1.70. The number of carbonyl (C=O) groups excluding carboxylic acids is 1. The molecule has 1 aromatic heterocycles. The number of piperidine rings is 1. The van der Waals surface area contributed by atoms with Crippen molar-refractivity contribution >= 4 is 23.7 Å². The third-order valence-electron chi connectivity index (χ3n) is 3.57. The fourth-order valence-corrected chi connectivity index (χ4v) is 2.79. The molecule has 7 nitrogen and oxygen atoms in total. The molecule has 0 bridgehead atoms. The first-order valence-electron chi connectivity index (χ1n) is 8.02. The molecule has 1 saturated heterocycles. The monoisotopic (exact) mass is 354 g/mol. The van der Waals surface area contributed by atoms with E-state index < -0.39 is 5.60 Å². The number of hydrogen-bond acceptors (Lipinski definition) is 7. The van der Waals surface area contributed by atoms with E-state index in [1.54, 1.807) is 18.1 Å². The maximum Gasteiger partial charge on any atom is 0.410 e. The lowest BCUT2D eigenvalue weighted by molar-refractivity contribution is 0.0210. The van der Waals surface area contributed by atoms with E-state index in [9.17, 15) is 4.79 Å². The number of nitrogens with zero attached hydrogens (tertiary/aromatic N) is 3. The minimum absolute atomic E-state index is 0.241. The van der Waals surface area contributed by atoms with Crippen LogP contribution in [0.1, 0.15) is 33.6 Å². The number of ether oxygens (including phenoxy) is 2. The smallest absolute Gasteiger partial charge is 0.410 e. The van der Waals surface area contributed by atoms with Gasteiger partial charge in [0.2, 0.25) is 5.88 Å². The van der Waals surface area contributed by atoms with Crippen molar-refractivity contribution in [2.24, 2.45) is 0 Å². The van der Waals surface area contributed by atoms with Crippen LogP contribution in [0.4, 0.5) is 10.6 Å². The van der Waals surface area contributed by atoms with E-state index in [0.717, 1.165) is 18.7 Å². The summed E-state index contributed by atoms with van der Waals surface area (Å²) in [5.41, 5.74) is -0.460. The third-order valence-corrected chi connectivity index (χ3v) is 4.12. The van der Waals surface area contributed by atoms with Crippen molar-refractivity contribution in [2.75, 3.05) is 31.8 Å². The van der Waals surface area contributed by atoms with Crippen molar-refractivity contribution in [1.82, 2.24) is 14.9 Å². The molecule has 1 aliphatic heterocycles. The van der Waals surface area contributed by atoms with Gasteiger partial charge in [-0.15, -0.1) is 0 Å². The van der Waals surface area contributed by atoms with Gasteiger partial charge in [-0.1, -0.05) is 11.8 Å². The van der Waals surface area contributed by atoms with Gasteiger partial charge in [-0.3, -0.25) is 0 Å². The standard InChI is InChI=1S/C16H26N4O3S/c1-16(2,3)23-15(21)20-8-6-11(7-9-20)17-12-10-13(22-4)19-14(18-12)24-5/h10-11H,6-9H2,1-5H3,(H,17,18,19). The van der Waals surface area contributed by atoms with Crippen molar-refractivity contribution in [3.8, 4) is 5.88 Å². The lowest BCUT2D eigenvalue weighted by Crippen LogP contribution is -2.44. The second kappa shape index (κ2) is 7.92. The fraction of sp³-hybridized carbons (Fsp3) is 0.688. The zero-order chi connectivity index (χ0) is 17.7. The van der Waals surface area contributed by atoms with Crippen LogP contribution >= 0.6 is 11.8 Å². The van der Waals surface area contributed by atoms with Crippen LogP contribution in [0.5, 0.6) is 5.88 Å². The number of carbonyl (C=O) groups is 1. The lowest BCUT2D eigenvalue weighted by Gasteiger charge is -2.33. The summed E-state index contributed by atoms with van der Waals surface area (Å²) < 4.78 is 10.6. The normalized spacial score (nSPS) is 16.0. The van der Waals surface area contributed by atoms with Gasteiger partial charge in [-0.25, -0.2) is 9.78 Å². The lowest BCUT2D eigenvalue weighted by atomic mass is 10.1. The molecule has 1 aliphatic rings. The number of anilines is 1. The molecule has 0 saturated carbocycles. The second-order valence-electron chi connectivity index (χ2n) is 6.67. The van der Waals surface area contributed by atoms with Crippen LogP contribution in [-0.2, 0) is 4.74 Å². The molecule has 8 heteroatoms. The number of hydrogen-bond donors (Lipinski definition) is 1. The average Bonchev–Trinajstić information content (AvgIpc) is 2.53. The summed E-state index contributed by atoms with van der Waals surface area (Å²) in [4.78, 5) is 22.6. The van der Waals surface area contributed by atoms with Crippen LogP contribution in [0.3, 0.4) is 0 Å². The highest BCUT2D eigenvalue weighted by molar-refractivity contribution is 7.98. The van der Waals surface area contributed by atoms with E-state index in [2.05, 4.69) is 15.3 Å². The zero-order valence-corrected chi connectivity index (χ0v) is 15.8. The molecule has 1 fully saturated rings. The van der Waals surface area contributed by atoms with E-state index in [-0.39, 0.29) is 12.1 Å². The van der Waals surface area contributed by atoms with Gasteiger partial charge in [-0.2, -0.15) is 4.98 Å². The molecule has 0 spiro atoms. The average molecular weight is 354 g/mol. The van der Waals surface area contributed by atoms with Gasteiger partial charge in [0, 0.05) is 25.2 Å². The second-order valence-corrected chi connectivity index (χ2v) is 7.44. The van der Waals surface area contributed by atoms with Gasteiger partial charge in [0.15, 0.2) is 5.16 Å². The number of amides is 1. The summed E-state index contributed by atoms with van der Waals surface area (Å²) in [5, 5.41) is 4.08. The van der Waals surface area contributed by atoms with Crippen LogP contribution < -0.4 is 10.1 Å². The molecule has 0 unspecified atom stereocenters. The number of likely N-dealkylation sites (tertiary alicyclic amines) is 1. The molecular weight excluding hydrogens is 328 g/mol. The molecule has 2 heterocycles. The summed E-state index contributed by atoms with van der Waals surface area (Å²) >= 11 is 1.47.